The number of alkyl halides is 2. The Labute approximate surface area is 168 Å². The Morgan fingerprint density at radius 1 is 1.14 bits per heavy atom. The normalized spacial score (nSPS) is 24.0. The zero-order valence-electron chi connectivity index (χ0n) is 17.4. The number of hydrogen-bond donors (Lipinski definition) is 2. The first-order chi connectivity index (χ1) is 13.4. The number of hydrogen-bond acceptors (Lipinski definition) is 5. The minimum atomic E-state index is -2.85. The molecule has 2 N–H and O–H groups in total. The van der Waals surface area contributed by atoms with Crippen molar-refractivity contribution < 1.29 is 27.3 Å². The number of amides is 1. The lowest BCUT2D eigenvalue weighted by Gasteiger charge is -2.32. The highest BCUT2D eigenvalue weighted by molar-refractivity contribution is 6.64. The molecule has 1 aliphatic carbocycles. The van der Waals surface area contributed by atoms with Gasteiger partial charge < -0.3 is 24.4 Å². The van der Waals surface area contributed by atoms with Gasteiger partial charge in [-0.25, -0.2) is 8.78 Å². The third-order valence-corrected chi connectivity index (χ3v) is 6.26. The second-order valence-electron chi connectivity index (χ2n) is 8.71. The van der Waals surface area contributed by atoms with Crippen molar-refractivity contribution in [3.8, 4) is 0 Å². The summed E-state index contributed by atoms with van der Waals surface area (Å²) in [6.07, 6.45) is -0.320. The van der Waals surface area contributed by atoms with Gasteiger partial charge in [-0.2, -0.15) is 0 Å². The van der Waals surface area contributed by atoms with Crippen LogP contribution in [-0.4, -0.2) is 44.2 Å². The maximum Gasteiger partial charge on any atom is 0.496 e. The molecule has 6 nitrogen and oxygen atoms in total. The van der Waals surface area contributed by atoms with Gasteiger partial charge in [0.1, 0.15) is 11.3 Å². The van der Waals surface area contributed by atoms with Gasteiger partial charge in [0.25, 0.3) is 11.8 Å². The predicted octanol–water partition coefficient (Wildman–Crippen LogP) is 3.26. The molecule has 9 heteroatoms. The molecule has 0 radical (unpaired) electrons. The molecule has 1 aliphatic heterocycles. The van der Waals surface area contributed by atoms with Gasteiger partial charge >= 0.3 is 7.12 Å². The van der Waals surface area contributed by atoms with Crippen LogP contribution in [0.25, 0.3) is 11.0 Å². The Bertz CT molecular complexity index is 986. The van der Waals surface area contributed by atoms with Gasteiger partial charge in [0, 0.05) is 43.1 Å². The average Bonchev–Trinajstić information content (AvgIpc) is 3.02. The van der Waals surface area contributed by atoms with Crippen molar-refractivity contribution in [1.29, 1.82) is 0 Å². The Kier molecular flexibility index (Phi) is 4.30. The number of benzene rings is 1. The highest BCUT2D eigenvalue weighted by Crippen LogP contribution is 2.57. The Morgan fingerprint density at radius 2 is 1.72 bits per heavy atom. The topological polar surface area (TPSA) is 72.7 Å². The van der Waals surface area contributed by atoms with E-state index in [1.54, 1.807) is 19.2 Å². The van der Waals surface area contributed by atoms with Crippen LogP contribution in [0.4, 0.5) is 14.5 Å². The highest BCUT2D eigenvalue weighted by atomic mass is 19.3. The van der Waals surface area contributed by atoms with Crippen LogP contribution in [0.1, 0.15) is 56.2 Å². The van der Waals surface area contributed by atoms with Crippen LogP contribution >= 0.6 is 0 Å². The number of furan rings is 1. The first kappa shape index (κ1) is 20.2. The molecular weight excluding hydrogens is 381 g/mol. The molecular formula is C20H25BF2N2O4. The number of carbonyl (C=O) groups is 1. The number of anilines is 1. The fourth-order valence-corrected chi connectivity index (χ4v) is 3.66. The van der Waals surface area contributed by atoms with Crippen molar-refractivity contribution in [3.05, 3.63) is 23.5 Å². The molecule has 1 aromatic heterocycles. The van der Waals surface area contributed by atoms with Crippen LogP contribution in [0, 0.1) is 0 Å². The number of fused-ring (bicyclic) bond motifs is 1. The van der Waals surface area contributed by atoms with E-state index >= 15 is 0 Å². The lowest BCUT2D eigenvalue weighted by Crippen LogP contribution is -2.41. The molecule has 2 heterocycles. The van der Waals surface area contributed by atoms with Crippen LogP contribution in [0.2, 0.25) is 0 Å². The Morgan fingerprint density at radius 3 is 2.21 bits per heavy atom. The molecule has 1 aromatic carbocycles. The first-order valence-electron chi connectivity index (χ1n) is 9.65. The van der Waals surface area contributed by atoms with Crippen molar-refractivity contribution in [3.63, 3.8) is 0 Å². The van der Waals surface area contributed by atoms with Gasteiger partial charge in [-0.15, -0.1) is 0 Å². The average molecular weight is 406 g/mol. The van der Waals surface area contributed by atoms with Crippen molar-refractivity contribution >= 4 is 35.1 Å². The van der Waals surface area contributed by atoms with E-state index in [-0.39, 0.29) is 17.7 Å². The third-order valence-electron chi connectivity index (χ3n) is 6.26. The van der Waals surface area contributed by atoms with Crippen LogP contribution in [0.15, 0.2) is 16.5 Å². The van der Waals surface area contributed by atoms with Crippen molar-refractivity contribution in [2.24, 2.45) is 0 Å². The van der Waals surface area contributed by atoms with Crippen molar-refractivity contribution in [1.82, 2.24) is 5.32 Å². The Balaban J connectivity index is 1.88. The predicted molar refractivity (Wildman–Crippen MR) is 107 cm³/mol. The monoisotopic (exact) mass is 406 g/mol. The quantitative estimate of drug-likeness (QED) is 0.763. The molecule has 1 saturated heterocycles. The number of nitrogens with one attached hydrogen (secondary N) is 2. The summed E-state index contributed by atoms with van der Waals surface area (Å²) in [5, 5.41) is 6.08. The van der Waals surface area contributed by atoms with E-state index in [1.165, 1.54) is 7.05 Å². The summed E-state index contributed by atoms with van der Waals surface area (Å²) in [6, 6.07) is 3.44. The lowest BCUT2D eigenvalue weighted by molar-refractivity contribution is 0.00578. The number of rotatable bonds is 4. The van der Waals surface area contributed by atoms with E-state index in [0.29, 0.717) is 22.1 Å². The molecule has 2 aliphatic rings. The maximum atomic E-state index is 13.8. The van der Waals surface area contributed by atoms with E-state index in [0.717, 1.165) is 0 Å². The molecule has 0 spiro atoms. The molecule has 156 valence electrons. The van der Waals surface area contributed by atoms with Gasteiger partial charge in [-0.1, -0.05) is 0 Å². The van der Waals surface area contributed by atoms with Gasteiger partial charge in [0.15, 0.2) is 0 Å². The summed E-state index contributed by atoms with van der Waals surface area (Å²) >= 11 is 0. The fourth-order valence-electron chi connectivity index (χ4n) is 3.66. The Hall–Kier alpha value is -2.13. The summed E-state index contributed by atoms with van der Waals surface area (Å²) in [6.45, 7) is 7.80. The molecule has 0 bridgehead atoms. The fraction of sp³-hybridized carbons (Fsp3) is 0.550. The summed E-state index contributed by atoms with van der Waals surface area (Å²) in [5.41, 5.74) is 0.787. The van der Waals surface area contributed by atoms with E-state index in [1.807, 2.05) is 27.7 Å². The summed E-state index contributed by atoms with van der Waals surface area (Å²) in [4.78, 5) is 12.6. The largest absolute Gasteiger partial charge is 0.496 e. The molecule has 4 rings (SSSR count). The van der Waals surface area contributed by atoms with Crippen LogP contribution in [0.3, 0.4) is 0 Å². The third kappa shape index (κ3) is 3.02. The molecule has 1 unspecified atom stereocenters. The maximum absolute atomic E-state index is 13.8. The highest BCUT2D eigenvalue weighted by Gasteiger charge is 2.61. The van der Waals surface area contributed by atoms with Crippen molar-refractivity contribution in [2.75, 3.05) is 19.4 Å². The van der Waals surface area contributed by atoms with E-state index in [9.17, 15) is 13.6 Å². The van der Waals surface area contributed by atoms with Crippen LogP contribution in [-0.2, 0) is 9.31 Å². The SMILES string of the molecule is CNC(=O)c1c(C2CC2(F)F)oc2cc(NC)c(B3OC(C)(C)C(C)(C)O3)cc12. The van der Waals surface area contributed by atoms with Gasteiger partial charge in [0.2, 0.25) is 0 Å². The summed E-state index contributed by atoms with van der Waals surface area (Å²) in [7, 11) is 2.53. The molecule has 2 aromatic rings. The zero-order valence-corrected chi connectivity index (χ0v) is 17.4. The van der Waals surface area contributed by atoms with Crippen LogP contribution < -0.4 is 16.1 Å². The summed E-state index contributed by atoms with van der Waals surface area (Å²) < 4.78 is 45.6. The second kappa shape index (κ2) is 6.19. The molecule has 29 heavy (non-hydrogen) atoms. The second-order valence-corrected chi connectivity index (χ2v) is 8.71. The molecule has 2 fully saturated rings. The molecule has 1 amide bonds. The zero-order chi connectivity index (χ0) is 21.4. The van der Waals surface area contributed by atoms with Crippen molar-refractivity contribution in [2.45, 2.75) is 57.2 Å². The van der Waals surface area contributed by atoms with Gasteiger partial charge in [-0.3, -0.25) is 4.79 Å². The smallest absolute Gasteiger partial charge is 0.460 e. The van der Waals surface area contributed by atoms with E-state index < -0.39 is 36.1 Å². The minimum absolute atomic E-state index is 0.0254. The number of halogens is 2. The number of carbonyl (C=O) groups excluding carboxylic acids is 1. The van der Waals surface area contributed by atoms with Gasteiger partial charge in [-0.05, 0) is 33.8 Å². The molecule has 1 atom stereocenters. The first-order valence-corrected chi connectivity index (χ1v) is 9.65. The lowest BCUT2D eigenvalue weighted by atomic mass is 9.77. The minimum Gasteiger partial charge on any atom is -0.460 e. The van der Waals surface area contributed by atoms with Gasteiger partial charge in [0.05, 0.1) is 22.7 Å². The van der Waals surface area contributed by atoms with Crippen LogP contribution in [0.5, 0.6) is 0 Å². The molecule has 1 saturated carbocycles. The summed E-state index contributed by atoms with van der Waals surface area (Å²) in [5.74, 6) is -4.37. The van der Waals surface area contributed by atoms with E-state index in [4.69, 9.17) is 13.7 Å². The standard InChI is InChI=1S/C20H25BF2N2O4/c1-18(2)19(3,4)29-21(28-18)12-7-10-14(8-13(12)24-5)27-16(11-9-20(11,22)23)15(10)17(26)25-6/h7-8,11,24H,9H2,1-6H3,(H,25,26). The van der Waals surface area contributed by atoms with E-state index in [2.05, 4.69) is 10.6 Å².